The van der Waals surface area contributed by atoms with Gasteiger partial charge in [-0.1, -0.05) is 44.7 Å². The molecule has 0 radical (unpaired) electrons. The monoisotopic (exact) mass is 448 g/mol. The normalized spacial score (nSPS) is 11.2. The van der Waals surface area contributed by atoms with Crippen molar-refractivity contribution in [3.05, 3.63) is 71.3 Å². The van der Waals surface area contributed by atoms with Crippen LogP contribution in [0.2, 0.25) is 0 Å². The molecular formula is C25H24F4O3. The maximum Gasteiger partial charge on any atom is 0.387 e. The van der Waals surface area contributed by atoms with Gasteiger partial charge < -0.3 is 9.47 Å². The Morgan fingerprint density at radius 1 is 0.938 bits per heavy atom. The lowest BCUT2D eigenvalue weighted by atomic mass is 10.0. The van der Waals surface area contributed by atoms with Crippen LogP contribution in [0.4, 0.5) is 17.6 Å². The van der Waals surface area contributed by atoms with Crippen LogP contribution in [-0.2, 0) is 6.42 Å². The Bertz CT molecular complexity index is 1060. The number of aryl methyl sites for hydroxylation is 1. The smallest absolute Gasteiger partial charge is 0.387 e. The fourth-order valence-electron chi connectivity index (χ4n) is 3.46. The van der Waals surface area contributed by atoms with E-state index in [1.807, 2.05) is 12.1 Å². The Hall–Kier alpha value is -3.09. The van der Waals surface area contributed by atoms with E-state index in [9.17, 15) is 22.4 Å². The quantitative estimate of drug-likeness (QED) is 0.140. The molecule has 0 aliphatic heterocycles. The van der Waals surface area contributed by atoms with Gasteiger partial charge >= 0.3 is 12.6 Å². The molecule has 32 heavy (non-hydrogen) atoms. The minimum atomic E-state index is -3.36. The molecule has 0 spiro atoms. The van der Waals surface area contributed by atoms with Crippen LogP contribution in [0.5, 0.6) is 11.5 Å². The average Bonchev–Trinajstić information content (AvgIpc) is 2.76. The van der Waals surface area contributed by atoms with Gasteiger partial charge in [0, 0.05) is 5.39 Å². The first kappa shape index (κ1) is 23.6. The van der Waals surface area contributed by atoms with E-state index in [0.29, 0.717) is 5.56 Å². The highest BCUT2D eigenvalue weighted by Crippen LogP contribution is 2.33. The molecule has 0 saturated heterocycles. The zero-order valence-corrected chi connectivity index (χ0v) is 17.7. The molecule has 0 aliphatic rings. The van der Waals surface area contributed by atoms with E-state index in [4.69, 9.17) is 4.74 Å². The predicted molar refractivity (Wildman–Crippen MR) is 114 cm³/mol. The molecule has 3 aromatic carbocycles. The summed E-state index contributed by atoms with van der Waals surface area (Å²) in [6, 6.07) is 11.7. The van der Waals surface area contributed by atoms with Crippen molar-refractivity contribution in [2.75, 3.05) is 0 Å². The van der Waals surface area contributed by atoms with Gasteiger partial charge in [-0.2, -0.15) is 8.78 Å². The van der Waals surface area contributed by atoms with Crippen molar-refractivity contribution in [1.29, 1.82) is 0 Å². The Balaban J connectivity index is 1.67. The third-order valence-electron chi connectivity index (χ3n) is 5.13. The number of fused-ring (bicyclic) bond motifs is 1. The van der Waals surface area contributed by atoms with Crippen molar-refractivity contribution in [3.63, 3.8) is 0 Å². The summed E-state index contributed by atoms with van der Waals surface area (Å²) in [5, 5.41) is -0.0875. The van der Waals surface area contributed by atoms with Crippen molar-refractivity contribution in [2.24, 2.45) is 0 Å². The number of alkyl halides is 2. The molecule has 0 aromatic heterocycles. The molecule has 0 bridgehead atoms. The number of unbranched alkanes of at least 4 members (excludes halogenated alkanes) is 4. The Morgan fingerprint density at radius 3 is 2.34 bits per heavy atom. The Kier molecular flexibility index (Phi) is 8.09. The summed E-state index contributed by atoms with van der Waals surface area (Å²) in [6.07, 6.45) is 6.88. The van der Waals surface area contributed by atoms with Crippen LogP contribution in [0, 0.1) is 11.6 Å². The second kappa shape index (κ2) is 11.0. The van der Waals surface area contributed by atoms with Crippen LogP contribution >= 0.6 is 0 Å². The lowest BCUT2D eigenvalue weighted by Gasteiger charge is -2.11. The molecular weight excluding hydrogens is 424 g/mol. The van der Waals surface area contributed by atoms with Gasteiger partial charge in [0.05, 0.1) is 5.56 Å². The summed E-state index contributed by atoms with van der Waals surface area (Å²) in [5.41, 5.74) is 1.48. The fourth-order valence-corrected chi connectivity index (χ4v) is 3.46. The van der Waals surface area contributed by atoms with E-state index in [1.165, 1.54) is 43.9 Å². The predicted octanol–water partition coefficient (Wildman–Crippen LogP) is 7.45. The number of carbonyl (C=O) groups excluding carboxylic acids is 1. The molecule has 0 aliphatic carbocycles. The molecule has 7 heteroatoms. The number of hydrogen-bond donors (Lipinski definition) is 0. The molecule has 0 saturated carbocycles. The molecule has 0 fully saturated rings. The molecule has 0 atom stereocenters. The standard InChI is InChI=1S/C25H24F4O3/c1-2-3-4-5-6-7-16-8-10-17(11-9-16)24(30)31-19-12-13-20-18(14-19)15-21(26)23(22(20)27)32-25(28)29/h8-15,25H,2-7H2,1H3. The topological polar surface area (TPSA) is 35.5 Å². The number of hydrogen-bond acceptors (Lipinski definition) is 3. The van der Waals surface area contributed by atoms with E-state index < -0.39 is 30.0 Å². The molecule has 3 nitrogen and oxygen atoms in total. The van der Waals surface area contributed by atoms with Gasteiger partial charge in [0.15, 0.2) is 17.4 Å². The summed E-state index contributed by atoms with van der Waals surface area (Å²) < 4.78 is 62.3. The minimum Gasteiger partial charge on any atom is -0.429 e. The summed E-state index contributed by atoms with van der Waals surface area (Å²) >= 11 is 0. The third-order valence-corrected chi connectivity index (χ3v) is 5.13. The molecule has 170 valence electrons. The van der Waals surface area contributed by atoms with E-state index in [1.54, 1.807) is 12.1 Å². The largest absolute Gasteiger partial charge is 0.429 e. The molecule has 0 heterocycles. The van der Waals surface area contributed by atoms with Gasteiger partial charge in [0.25, 0.3) is 0 Å². The first-order valence-electron chi connectivity index (χ1n) is 10.6. The van der Waals surface area contributed by atoms with Crippen LogP contribution in [0.3, 0.4) is 0 Å². The summed E-state index contributed by atoms with van der Waals surface area (Å²) in [6.45, 7) is -1.18. The van der Waals surface area contributed by atoms with Crippen molar-refractivity contribution < 1.29 is 31.8 Å². The van der Waals surface area contributed by atoms with Gasteiger partial charge in [0.2, 0.25) is 0 Å². The van der Waals surface area contributed by atoms with Gasteiger partial charge in [-0.05, 0) is 60.2 Å². The summed E-state index contributed by atoms with van der Waals surface area (Å²) in [5.74, 6) is -4.21. The van der Waals surface area contributed by atoms with Crippen molar-refractivity contribution in [1.82, 2.24) is 0 Å². The second-order valence-electron chi connectivity index (χ2n) is 7.51. The zero-order valence-electron chi connectivity index (χ0n) is 17.7. The van der Waals surface area contributed by atoms with Gasteiger partial charge in [-0.15, -0.1) is 0 Å². The van der Waals surface area contributed by atoms with Gasteiger partial charge in [0.1, 0.15) is 5.75 Å². The molecule has 0 N–H and O–H groups in total. The highest BCUT2D eigenvalue weighted by atomic mass is 19.3. The molecule has 3 aromatic rings. The molecule has 0 amide bonds. The van der Waals surface area contributed by atoms with Crippen LogP contribution < -0.4 is 9.47 Å². The lowest BCUT2D eigenvalue weighted by molar-refractivity contribution is -0.0544. The first-order chi connectivity index (χ1) is 15.4. The Labute approximate surface area is 184 Å². The first-order valence-corrected chi connectivity index (χ1v) is 10.6. The lowest BCUT2D eigenvalue weighted by Crippen LogP contribution is -2.09. The molecule has 3 rings (SSSR count). The SMILES string of the molecule is CCCCCCCc1ccc(C(=O)Oc2ccc3c(F)c(OC(F)F)c(F)cc3c2)cc1. The van der Waals surface area contributed by atoms with E-state index in [0.717, 1.165) is 24.5 Å². The van der Waals surface area contributed by atoms with E-state index in [-0.39, 0.29) is 16.5 Å². The van der Waals surface area contributed by atoms with Crippen LogP contribution in [-0.4, -0.2) is 12.6 Å². The van der Waals surface area contributed by atoms with Crippen molar-refractivity contribution in [3.8, 4) is 11.5 Å². The van der Waals surface area contributed by atoms with Gasteiger partial charge in [-0.25, -0.2) is 13.6 Å². The summed E-state index contributed by atoms with van der Waals surface area (Å²) in [4.78, 5) is 12.4. The fraction of sp³-hybridized carbons (Fsp3) is 0.320. The highest BCUT2D eigenvalue weighted by Gasteiger charge is 2.19. The number of carbonyl (C=O) groups is 1. The number of ether oxygens (including phenoxy) is 2. The van der Waals surface area contributed by atoms with E-state index in [2.05, 4.69) is 11.7 Å². The number of halogens is 4. The van der Waals surface area contributed by atoms with Crippen LogP contribution in [0.15, 0.2) is 48.5 Å². The van der Waals surface area contributed by atoms with Crippen molar-refractivity contribution >= 4 is 16.7 Å². The third kappa shape index (κ3) is 5.99. The average molecular weight is 448 g/mol. The van der Waals surface area contributed by atoms with Crippen LogP contribution in [0.25, 0.3) is 10.8 Å². The zero-order chi connectivity index (χ0) is 23.1. The maximum absolute atomic E-state index is 14.3. The number of benzene rings is 3. The van der Waals surface area contributed by atoms with E-state index >= 15 is 0 Å². The summed E-state index contributed by atoms with van der Waals surface area (Å²) in [7, 11) is 0. The number of rotatable bonds is 10. The Morgan fingerprint density at radius 2 is 1.66 bits per heavy atom. The maximum atomic E-state index is 14.3. The van der Waals surface area contributed by atoms with Crippen LogP contribution in [0.1, 0.15) is 54.9 Å². The highest BCUT2D eigenvalue weighted by molar-refractivity contribution is 5.92. The second-order valence-corrected chi connectivity index (χ2v) is 7.51. The van der Waals surface area contributed by atoms with Crippen molar-refractivity contribution in [2.45, 2.75) is 52.1 Å². The van der Waals surface area contributed by atoms with Gasteiger partial charge in [-0.3, -0.25) is 0 Å². The number of esters is 1. The minimum absolute atomic E-state index is 0.0466. The molecule has 0 unspecified atom stereocenters.